The van der Waals surface area contributed by atoms with E-state index in [2.05, 4.69) is 13.2 Å². The molecule has 5 N–H and O–H groups in total. The Hall–Kier alpha value is -1.33. The molecule has 0 aromatic heterocycles. The highest BCUT2D eigenvalue weighted by Gasteiger charge is 2.58. The van der Waals surface area contributed by atoms with Gasteiger partial charge in [-0.1, -0.05) is 25.7 Å². The molecule has 2 aliphatic heterocycles. The van der Waals surface area contributed by atoms with Crippen molar-refractivity contribution < 1.29 is 44.5 Å². The van der Waals surface area contributed by atoms with Gasteiger partial charge in [-0.3, -0.25) is 0 Å². The van der Waals surface area contributed by atoms with Gasteiger partial charge in [-0.05, 0) is 24.7 Å². The summed E-state index contributed by atoms with van der Waals surface area (Å²) in [6.45, 7) is 9.36. The summed E-state index contributed by atoms with van der Waals surface area (Å²) in [6.07, 6.45) is -7.64. The first-order valence-electron chi connectivity index (χ1n) is 10.4. The number of aliphatic hydroxyl groups is 5. The average molecular weight is 426 g/mol. The van der Waals surface area contributed by atoms with Crippen molar-refractivity contribution in [3.05, 3.63) is 24.3 Å². The molecule has 4 fully saturated rings. The van der Waals surface area contributed by atoms with Crippen molar-refractivity contribution in [2.24, 2.45) is 23.7 Å². The lowest BCUT2D eigenvalue weighted by Crippen LogP contribution is -2.59. The molecule has 0 aromatic carbocycles. The third kappa shape index (κ3) is 3.33. The summed E-state index contributed by atoms with van der Waals surface area (Å²) < 4.78 is 17.1. The van der Waals surface area contributed by atoms with Crippen molar-refractivity contribution in [1.29, 1.82) is 0 Å². The molecule has 0 spiro atoms. The van der Waals surface area contributed by atoms with E-state index in [1.165, 1.54) is 0 Å². The van der Waals surface area contributed by atoms with Crippen LogP contribution in [0.2, 0.25) is 0 Å². The number of esters is 1. The summed E-state index contributed by atoms with van der Waals surface area (Å²) in [5.74, 6) is -1.37. The van der Waals surface area contributed by atoms with E-state index in [0.717, 1.165) is 5.57 Å². The van der Waals surface area contributed by atoms with Gasteiger partial charge in [0.25, 0.3) is 0 Å². The number of carbonyl (C=O) groups is 1. The molecule has 4 aliphatic rings. The monoisotopic (exact) mass is 426 g/mol. The maximum Gasteiger partial charge on any atom is 0.334 e. The SMILES string of the molecule is C=C1CC(O)C2C(=C)C(=O)OC2C2C1CC(OC1OC(CO)C(O)C(O)C1O)C2C. The van der Waals surface area contributed by atoms with Gasteiger partial charge in [0.15, 0.2) is 6.29 Å². The van der Waals surface area contributed by atoms with Gasteiger partial charge in [0, 0.05) is 11.5 Å². The van der Waals surface area contributed by atoms with Crippen LogP contribution in [0.5, 0.6) is 0 Å². The Morgan fingerprint density at radius 1 is 1.13 bits per heavy atom. The van der Waals surface area contributed by atoms with E-state index >= 15 is 0 Å². The molecule has 12 atom stereocenters. The first-order chi connectivity index (χ1) is 14.1. The first-order valence-corrected chi connectivity index (χ1v) is 10.4. The smallest absolute Gasteiger partial charge is 0.334 e. The Bertz CT molecular complexity index is 721. The van der Waals surface area contributed by atoms with Gasteiger partial charge in [-0.15, -0.1) is 0 Å². The normalized spacial score (nSPS) is 51.3. The molecule has 0 radical (unpaired) electrons. The second-order valence-corrected chi connectivity index (χ2v) is 9.00. The standard InChI is InChI=1S/C21H30O9/c1-7-4-11(23)15-9(3)20(27)30-19(15)14-8(2)12(5-10(7)14)28-21-18(26)17(25)16(24)13(6-22)29-21/h8,10-19,21-26H,1,3-6H2,2H3. The molecule has 2 saturated heterocycles. The van der Waals surface area contributed by atoms with E-state index < -0.39 is 67.5 Å². The van der Waals surface area contributed by atoms with Crippen molar-refractivity contribution in [2.45, 2.75) is 68.8 Å². The molecule has 0 bridgehead atoms. The van der Waals surface area contributed by atoms with Crippen LogP contribution in [0.4, 0.5) is 0 Å². The molecule has 2 heterocycles. The van der Waals surface area contributed by atoms with Crippen molar-refractivity contribution >= 4 is 5.97 Å². The Morgan fingerprint density at radius 3 is 2.50 bits per heavy atom. The fraction of sp³-hybridized carbons (Fsp3) is 0.762. The summed E-state index contributed by atoms with van der Waals surface area (Å²) >= 11 is 0. The molecule has 30 heavy (non-hydrogen) atoms. The molecule has 4 rings (SSSR count). The van der Waals surface area contributed by atoms with Crippen LogP contribution >= 0.6 is 0 Å². The number of hydrogen-bond donors (Lipinski definition) is 5. The minimum absolute atomic E-state index is 0.0711. The van der Waals surface area contributed by atoms with Gasteiger partial charge in [-0.2, -0.15) is 0 Å². The predicted molar refractivity (Wildman–Crippen MR) is 102 cm³/mol. The highest BCUT2D eigenvalue weighted by Crippen LogP contribution is 2.53. The Balaban J connectivity index is 1.55. The van der Waals surface area contributed by atoms with Gasteiger partial charge < -0.3 is 39.7 Å². The van der Waals surface area contributed by atoms with Gasteiger partial charge in [0.05, 0.1) is 24.7 Å². The fourth-order valence-electron chi connectivity index (χ4n) is 5.66. The summed E-state index contributed by atoms with van der Waals surface area (Å²) in [5.41, 5.74) is 1.11. The maximum atomic E-state index is 12.1. The van der Waals surface area contributed by atoms with Crippen LogP contribution in [-0.4, -0.2) is 87.1 Å². The third-order valence-corrected chi connectivity index (χ3v) is 7.35. The summed E-state index contributed by atoms with van der Waals surface area (Å²) in [7, 11) is 0. The quantitative estimate of drug-likeness (QED) is 0.215. The zero-order chi connectivity index (χ0) is 21.9. The van der Waals surface area contributed by atoms with Crippen molar-refractivity contribution in [2.75, 3.05) is 6.61 Å². The maximum absolute atomic E-state index is 12.1. The summed E-state index contributed by atoms with van der Waals surface area (Å²) in [6, 6.07) is 0. The van der Waals surface area contributed by atoms with E-state index in [-0.39, 0.29) is 23.3 Å². The van der Waals surface area contributed by atoms with Gasteiger partial charge in [0.2, 0.25) is 0 Å². The second-order valence-electron chi connectivity index (χ2n) is 9.00. The molecule has 2 saturated carbocycles. The fourth-order valence-corrected chi connectivity index (χ4v) is 5.66. The first kappa shape index (κ1) is 21.9. The molecule has 0 aromatic rings. The van der Waals surface area contributed by atoms with E-state index in [1.807, 2.05) is 6.92 Å². The molecular weight excluding hydrogens is 396 g/mol. The lowest BCUT2D eigenvalue weighted by molar-refractivity contribution is -0.313. The molecular formula is C21H30O9. The number of rotatable bonds is 3. The van der Waals surface area contributed by atoms with Gasteiger partial charge in [0.1, 0.15) is 30.5 Å². The molecule has 168 valence electrons. The summed E-state index contributed by atoms with van der Waals surface area (Å²) in [5, 5.41) is 50.3. The molecule has 12 unspecified atom stereocenters. The van der Waals surface area contributed by atoms with E-state index in [4.69, 9.17) is 14.2 Å². The number of carbonyl (C=O) groups excluding carboxylic acids is 1. The third-order valence-electron chi connectivity index (χ3n) is 7.35. The Morgan fingerprint density at radius 2 is 1.83 bits per heavy atom. The average Bonchev–Trinajstić information content (AvgIpc) is 3.15. The molecule has 9 nitrogen and oxygen atoms in total. The number of hydrogen-bond acceptors (Lipinski definition) is 9. The van der Waals surface area contributed by atoms with Crippen molar-refractivity contribution in [1.82, 2.24) is 0 Å². The van der Waals surface area contributed by atoms with Gasteiger partial charge >= 0.3 is 5.97 Å². The van der Waals surface area contributed by atoms with E-state index in [0.29, 0.717) is 12.8 Å². The van der Waals surface area contributed by atoms with Crippen LogP contribution in [0.15, 0.2) is 24.3 Å². The predicted octanol–water partition coefficient (Wildman–Crippen LogP) is -1.14. The Kier molecular flexibility index (Phi) is 5.82. The van der Waals surface area contributed by atoms with Gasteiger partial charge in [-0.25, -0.2) is 4.79 Å². The highest BCUT2D eigenvalue weighted by atomic mass is 16.7. The number of ether oxygens (including phenoxy) is 3. The number of aliphatic hydroxyl groups excluding tert-OH is 5. The van der Waals surface area contributed by atoms with Crippen LogP contribution < -0.4 is 0 Å². The minimum Gasteiger partial charge on any atom is -0.458 e. The van der Waals surface area contributed by atoms with E-state index in [9.17, 15) is 30.3 Å². The zero-order valence-electron chi connectivity index (χ0n) is 16.8. The highest BCUT2D eigenvalue weighted by molar-refractivity contribution is 5.91. The van der Waals surface area contributed by atoms with Crippen LogP contribution in [0.25, 0.3) is 0 Å². The molecule has 9 heteroatoms. The van der Waals surface area contributed by atoms with Crippen LogP contribution in [0.3, 0.4) is 0 Å². The second kappa shape index (κ2) is 7.98. The van der Waals surface area contributed by atoms with Crippen LogP contribution in [-0.2, 0) is 19.0 Å². The van der Waals surface area contributed by atoms with E-state index in [1.54, 1.807) is 0 Å². The minimum atomic E-state index is -1.52. The van der Waals surface area contributed by atoms with Crippen molar-refractivity contribution in [3.63, 3.8) is 0 Å². The topological polar surface area (TPSA) is 146 Å². The lowest BCUT2D eigenvalue weighted by atomic mass is 9.79. The summed E-state index contributed by atoms with van der Waals surface area (Å²) in [4.78, 5) is 12.1. The molecule has 0 amide bonds. The Labute approximate surface area is 174 Å². The zero-order valence-corrected chi connectivity index (χ0v) is 16.8. The number of fused-ring (bicyclic) bond motifs is 3. The van der Waals surface area contributed by atoms with Crippen LogP contribution in [0.1, 0.15) is 19.8 Å². The molecule has 2 aliphatic carbocycles. The van der Waals surface area contributed by atoms with Crippen molar-refractivity contribution in [3.8, 4) is 0 Å². The largest absolute Gasteiger partial charge is 0.458 e. The lowest BCUT2D eigenvalue weighted by Gasteiger charge is -2.41. The van der Waals surface area contributed by atoms with Crippen LogP contribution in [0, 0.1) is 23.7 Å².